The van der Waals surface area contributed by atoms with Crippen molar-refractivity contribution in [1.82, 2.24) is 9.88 Å². The minimum absolute atomic E-state index is 0.298. The molecule has 0 amide bonds. The number of hydrogen-bond donors (Lipinski definition) is 0. The molecule has 5 nitrogen and oxygen atoms in total. The highest BCUT2D eigenvalue weighted by Crippen LogP contribution is 2.34. The number of fused-ring (bicyclic) bond motifs is 1. The van der Waals surface area contributed by atoms with E-state index in [4.69, 9.17) is 9.72 Å². The van der Waals surface area contributed by atoms with Crippen LogP contribution in [0.5, 0.6) is 0 Å². The zero-order valence-electron chi connectivity index (χ0n) is 18.7. The number of piperazine rings is 1. The molecule has 1 saturated heterocycles. The Balaban J connectivity index is 1.66. The minimum atomic E-state index is -0.298. The van der Waals surface area contributed by atoms with Crippen LogP contribution in [0.25, 0.3) is 10.9 Å². The van der Waals surface area contributed by atoms with Gasteiger partial charge in [0.1, 0.15) is 5.56 Å². The number of aromatic nitrogens is 1. The summed E-state index contributed by atoms with van der Waals surface area (Å²) < 4.78 is 5.37. The molecule has 0 unspecified atom stereocenters. The molecule has 1 aliphatic rings. The Kier molecular flexibility index (Phi) is 6.52. The highest BCUT2D eigenvalue weighted by molar-refractivity contribution is 6.06. The van der Waals surface area contributed by atoms with Gasteiger partial charge in [0, 0.05) is 44.3 Å². The fourth-order valence-corrected chi connectivity index (χ4v) is 4.37. The first-order valence-corrected chi connectivity index (χ1v) is 11.2. The molecular formula is C26H31N3O2. The first kappa shape index (κ1) is 21.3. The van der Waals surface area contributed by atoms with Gasteiger partial charge in [-0.2, -0.15) is 0 Å². The molecule has 0 spiro atoms. The van der Waals surface area contributed by atoms with Gasteiger partial charge in [-0.3, -0.25) is 9.88 Å². The lowest BCUT2D eigenvalue weighted by molar-refractivity contribution is 0.0526. The van der Waals surface area contributed by atoms with Gasteiger partial charge < -0.3 is 9.64 Å². The zero-order chi connectivity index (χ0) is 21.8. The first-order valence-electron chi connectivity index (χ1n) is 11.2. The number of pyridine rings is 1. The third-order valence-electron chi connectivity index (χ3n) is 5.96. The summed E-state index contributed by atoms with van der Waals surface area (Å²) in [5.41, 5.74) is 5.04. The fraction of sp³-hybridized carbons (Fsp3) is 0.385. The van der Waals surface area contributed by atoms with E-state index in [0.717, 1.165) is 49.3 Å². The van der Waals surface area contributed by atoms with Gasteiger partial charge in [0.15, 0.2) is 0 Å². The van der Waals surface area contributed by atoms with Gasteiger partial charge in [-0.15, -0.1) is 0 Å². The van der Waals surface area contributed by atoms with Crippen molar-refractivity contribution < 1.29 is 9.53 Å². The normalized spacial score (nSPS) is 14.9. The van der Waals surface area contributed by atoms with Crippen molar-refractivity contribution in [3.05, 3.63) is 71.4 Å². The Morgan fingerprint density at radius 3 is 2.45 bits per heavy atom. The molecule has 0 radical (unpaired) electrons. The molecule has 2 heterocycles. The second-order valence-corrected chi connectivity index (χ2v) is 8.39. The van der Waals surface area contributed by atoms with Crippen molar-refractivity contribution in [2.24, 2.45) is 0 Å². The number of rotatable bonds is 6. The lowest BCUT2D eigenvalue weighted by Crippen LogP contribution is -2.46. The van der Waals surface area contributed by atoms with E-state index in [1.807, 2.05) is 6.92 Å². The number of anilines is 1. The van der Waals surface area contributed by atoms with E-state index < -0.39 is 0 Å². The molecule has 1 aromatic heterocycles. The maximum Gasteiger partial charge on any atom is 0.341 e. The molecule has 0 bridgehead atoms. The maximum absolute atomic E-state index is 12.8. The van der Waals surface area contributed by atoms with E-state index in [2.05, 4.69) is 72.2 Å². The summed E-state index contributed by atoms with van der Waals surface area (Å²) in [6.45, 7) is 11.1. The summed E-state index contributed by atoms with van der Waals surface area (Å²) in [6.07, 6.45) is 1.71. The molecule has 0 atom stereocenters. The van der Waals surface area contributed by atoms with Crippen molar-refractivity contribution >= 4 is 22.6 Å². The monoisotopic (exact) mass is 417 g/mol. The number of carbonyl (C=O) groups excluding carboxylic acids is 1. The second-order valence-electron chi connectivity index (χ2n) is 8.39. The van der Waals surface area contributed by atoms with Crippen LogP contribution in [0.3, 0.4) is 0 Å². The Hall–Kier alpha value is -2.92. The van der Waals surface area contributed by atoms with E-state index in [0.29, 0.717) is 18.1 Å². The van der Waals surface area contributed by atoms with E-state index in [9.17, 15) is 4.79 Å². The first-order chi connectivity index (χ1) is 15.1. The Labute approximate surface area is 184 Å². The smallest absolute Gasteiger partial charge is 0.341 e. The summed E-state index contributed by atoms with van der Waals surface area (Å²) in [6, 6.07) is 16.9. The Bertz CT molecular complexity index is 1040. The number of esters is 1. The third kappa shape index (κ3) is 4.57. The summed E-state index contributed by atoms with van der Waals surface area (Å²) in [5.74, 6) is 0.0637. The van der Waals surface area contributed by atoms with Crippen molar-refractivity contribution in [2.45, 2.75) is 33.2 Å². The molecule has 0 aliphatic carbocycles. The van der Waals surface area contributed by atoms with Crippen molar-refractivity contribution in [2.75, 3.05) is 37.7 Å². The van der Waals surface area contributed by atoms with Crippen LogP contribution >= 0.6 is 0 Å². The molecule has 0 saturated carbocycles. The third-order valence-corrected chi connectivity index (χ3v) is 5.96. The van der Waals surface area contributed by atoms with E-state index in [1.54, 1.807) is 6.20 Å². The molecule has 0 N–H and O–H groups in total. The zero-order valence-corrected chi connectivity index (χ0v) is 18.7. The largest absolute Gasteiger partial charge is 0.462 e. The van der Waals surface area contributed by atoms with Crippen LogP contribution in [0.4, 0.5) is 5.69 Å². The average molecular weight is 418 g/mol. The van der Waals surface area contributed by atoms with E-state index >= 15 is 0 Å². The van der Waals surface area contributed by atoms with Gasteiger partial charge in [0.05, 0.1) is 17.8 Å². The molecule has 1 fully saturated rings. The molecule has 3 aromatic rings. The van der Waals surface area contributed by atoms with Crippen LogP contribution in [0.15, 0.2) is 54.7 Å². The summed E-state index contributed by atoms with van der Waals surface area (Å²) in [5, 5.41) is 1.04. The van der Waals surface area contributed by atoms with Crippen molar-refractivity contribution in [1.29, 1.82) is 0 Å². The van der Waals surface area contributed by atoms with E-state index in [1.165, 1.54) is 11.1 Å². The molecule has 4 rings (SSSR count). The number of hydrogen-bond acceptors (Lipinski definition) is 5. The lowest BCUT2D eigenvalue weighted by atomic mass is 9.97. The van der Waals surface area contributed by atoms with Crippen LogP contribution in [-0.2, 0) is 11.3 Å². The Morgan fingerprint density at radius 1 is 1.03 bits per heavy atom. The topological polar surface area (TPSA) is 45.7 Å². The maximum atomic E-state index is 12.8. The van der Waals surface area contributed by atoms with Gasteiger partial charge in [-0.25, -0.2) is 4.79 Å². The van der Waals surface area contributed by atoms with Gasteiger partial charge in [-0.1, -0.05) is 62.4 Å². The number of carbonyl (C=O) groups is 1. The molecule has 31 heavy (non-hydrogen) atoms. The average Bonchev–Trinajstić information content (AvgIpc) is 2.79. The van der Waals surface area contributed by atoms with Crippen LogP contribution in [0, 0.1) is 0 Å². The van der Waals surface area contributed by atoms with Crippen LogP contribution in [0.1, 0.15) is 48.2 Å². The van der Waals surface area contributed by atoms with Crippen LogP contribution < -0.4 is 4.90 Å². The summed E-state index contributed by atoms with van der Waals surface area (Å²) >= 11 is 0. The number of para-hydroxylation sites is 1. The van der Waals surface area contributed by atoms with Gasteiger partial charge in [0.2, 0.25) is 0 Å². The van der Waals surface area contributed by atoms with Crippen LogP contribution in [0.2, 0.25) is 0 Å². The molecule has 162 valence electrons. The van der Waals surface area contributed by atoms with Gasteiger partial charge in [-0.05, 0) is 24.0 Å². The lowest BCUT2D eigenvalue weighted by Gasteiger charge is -2.37. The molecule has 5 heteroatoms. The predicted molar refractivity (Wildman–Crippen MR) is 126 cm³/mol. The minimum Gasteiger partial charge on any atom is -0.462 e. The Morgan fingerprint density at radius 2 is 1.77 bits per heavy atom. The van der Waals surface area contributed by atoms with Crippen molar-refractivity contribution in [3.8, 4) is 0 Å². The highest BCUT2D eigenvalue weighted by Gasteiger charge is 2.25. The second kappa shape index (κ2) is 9.48. The van der Waals surface area contributed by atoms with Crippen molar-refractivity contribution in [3.63, 3.8) is 0 Å². The number of ether oxygens (including phenoxy) is 1. The highest BCUT2D eigenvalue weighted by atomic mass is 16.5. The summed E-state index contributed by atoms with van der Waals surface area (Å²) in [7, 11) is 0. The van der Waals surface area contributed by atoms with Crippen LogP contribution in [-0.4, -0.2) is 48.6 Å². The molecule has 1 aliphatic heterocycles. The summed E-state index contributed by atoms with van der Waals surface area (Å²) in [4.78, 5) is 22.3. The van der Waals surface area contributed by atoms with Gasteiger partial charge in [0.25, 0.3) is 0 Å². The molecular weight excluding hydrogens is 386 g/mol. The predicted octanol–water partition coefficient (Wildman–Crippen LogP) is 4.86. The fourth-order valence-electron chi connectivity index (χ4n) is 4.37. The van der Waals surface area contributed by atoms with E-state index in [-0.39, 0.29) is 5.97 Å². The molecule has 2 aromatic carbocycles. The van der Waals surface area contributed by atoms with Gasteiger partial charge >= 0.3 is 5.97 Å². The number of nitrogens with zero attached hydrogens (tertiary/aromatic N) is 3. The SMILES string of the molecule is CCOC(=O)c1cnc2c(C(C)C)cccc2c1N1CCN(Cc2ccccc2)CC1. The standard InChI is InChI=1S/C26H31N3O2/c1-4-31-26(30)23-17-27-24-21(19(2)3)11-8-12-22(24)25(23)29-15-13-28(14-16-29)18-20-9-6-5-7-10-20/h5-12,17,19H,4,13-16,18H2,1-3H3. The number of benzene rings is 2. The quantitative estimate of drug-likeness (QED) is 0.536.